The van der Waals surface area contributed by atoms with E-state index in [4.69, 9.17) is 28.0 Å². The van der Waals surface area contributed by atoms with Gasteiger partial charge in [0, 0.05) is 33.1 Å². The number of H-pyrrole nitrogens is 1. The van der Waals surface area contributed by atoms with Crippen molar-refractivity contribution in [3.05, 3.63) is 83.4 Å². The van der Waals surface area contributed by atoms with E-state index in [-0.39, 0.29) is 16.5 Å². The molecule has 176 valence electrons. The SMILES string of the molecule is NC1=Cc2cc3ccc(cc4nc(cc5c(-c6ccccc6)c(N)c(c(N)c1n2)n5N)C=C4)[nH]3.[Ni]. The van der Waals surface area contributed by atoms with E-state index < -0.39 is 0 Å². The van der Waals surface area contributed by atoms with Crippen LogP contribution >= 0.6 is 0 Å². The van der Waals surface area contributed by atoms with Gasteiger partial charge in [0.05, 0.1) is 39.7 Å². The molecule has 8 bridgehead atoms. The van der Waals surface area contributed by atoms with Gasteiger partial charge in [-0.25, -0.2) is 9.97 Å². The first kappa shape index (κ1) is 22.3. The largest absolute Gasteiger partial charge is 0.397 e. The summed E-state index contributed by atoms with van der Waals surface area (Å²) >= 11 is 0. The third-order valence-electron chi connectivity index (χ3n) is 5.98. The fourth-order valence-corrected chi connectivity index (χ4v) is 4.42. The Balaban J connectivity index is 0.00000253. The van der Waals surface area contributed by atoms with Crippen molar-refractivity contribution >= 4 is 57.4 Å². The van der Waals surface area contributed by atoms with E-state index >= 15 is 0 Å². The summed E-state index contributed by atoms with van der Waals surface area (Å²) in [4.78, 5) is 12.7. The molecule has 2 aliphatic heterocycles. The Labute approximate surface area is 210 Å². The maximum Gasteiger partial charge on any atom is 0.112 e. The molecule has 0 saturated heterocycles. The molecule has 0 aliphatic carbocycles. The van der Waals surface area contributed by atoms with Crippen LogP contribution in [0.25, 0.3) is 57.1 Å². The van der Waals surface area contributed by atoms with Crippen LogP contribution < -0.4 is 23.0 Å². The minimum absolute atomic E-state index is 0. The number of anilines is 2. The summed E-state index contributed by atoms with van der Waals surface area (Å²) in [6.07, 6.45) is 5.67. The van der Waals surface area contributed by atoms with Crippen molar-refractivity contribution in [2.24, 2.45) is 5.73 Å². The van der Waals surface area contributed by atoms with E-state index in [1.165, 1.54) is 4.68 Å². The van der Waals surface area contributed by atoms with Crippen LogP contribution in [0.2, 0.25) is 0 Å². The van der Waals surface area contributed by atoms with Crippen molar-refractivity contribution in [2.45, 2.75) is 0 Å². The second-order valence-corrected chi connectivity index (χ2v) is 8.25. The van der Waals surface area contributed by atoms with Crippen molar-refractivity contribution < 1.29 is 16.5 Å². The fraction of sp³-hybridized carbons (Fsp3) is 0. The number of nitrogens with zero attached hydrogens (tertiary/aromatic N) is 3. The normalized spacial score (nSPS) is 12.3. The van der Waals surface area contributed by atoms with E-state index in [2.05, 4.69) is 9.97 Å². The fourth-order valence-electron chi connectivity index (χ4n) is 4.42. The van der Waals surface area contributed by atoms with Gasteiger partial charge in [0.25, 0.3) is 0 Å². The van der Waals surface area contributed by atoms with Crippen molar-refractivity contribution in [3.8, 4) is 11.1 Å². The zero-order chi connectivity index (χ0) is 23.4. The predicted octanol–water partition coefficient (Wildman–Crippen LogP) is 3.96. The number of hydrogen-bond donors (Lipinski definition) is 5. The summed E-state index contributed by atoms with van der Waals surface area (Å²) in [7, 11) is 0. The third kappa shape index (κ3) is 3.72. The molecule has 4 aromatic rings. The van der Waals surface area contributed by atoms with Crippen molar-refractivity contribution in [2.75, 3.05) is 17.3 Å². The van der Waals surface area contributed by atoms with Crippen molar-refractivity contribution in [3.63, 3.8) is 0 Å². The van der Waals surface area contributed by atoms with Crippen LogP contribution in [0.5, 0.6) is 0 Å². The molecule has 6 rings (SSSR count). The first-order valence-electron chi connectivity index (χ1n) is 10.8. The summed E-state index contributed by atoms with van der Waals surface area (Å²) in [6, 6.07) is 19.5. The zero-order valence-electron chi connectivity index (χ0n) is 18.5. The van der Waals surface area contributed by atoms with Crippen LogP contribution in [-0.4, -0.2) is 19.6 Å². The molecule has 0 amide bonds. The minimum Gasteiger partial charge on any atom is -0.397 e. The molecule has 0 unspecified atom stereocenters. The van der Waals surface area contributed by atoms with Crippen LogP contribution in [0.3, 0.4) is 0 Å². The Morgan fingerprint density at radius 3 is 2.11 bits per heavy atom. The third-order valence-corrected chi connectivity index (χ3v) is 5.98. The molecule has 5 heterocycles. The summed E-state index contributed by atoms with van der Waals surface area (Å²) in [6.45, 7) is 0. The molecule has 0 atom stereocenters. The monoisotopic (exact) mass is 504 g/mol. The van der Waals surface area contributed by atoms with Crippen molar-refractivity contribution in [1.82, 2.24) is 19.6 Å². The Kier molecular flexibility index (Phi) is 5.34. The van der Waals surface area contributed by atoms with Gasteiger partial charge in [-0.05, 0) is 54.1 Å². The number of rotatable bonds is 1. The zero-order valence-corrected chi connectivity index (χ0v) is 19.5. The standard InChI is InChI=1S/C26H22N8.Ni/c27-20-12-19-11-17-7-6-15(31-17)10-16-8-9-18(32-16)13-21-22(14-4-2-1-3-5-14)23(28)26(34(21)30)24(29)25(20)33-19;/h1-13,31H,27-30H2;. The van der Waals surface area contributed by atoms with Crippen LogP contribution in [-0.2, 0) is 16.5 Å². The number of aromatic nitrogens is 4. The topological polar surface area (TPSA) is 151 Å². The second-order valence-electron chi connectivity index (χ2n) is 8.25. The summed E-state index contributed by atoms with van der Waals surface area (Å²) in [5, 5.41) is 0. The predicted molar refractivity (Wildman–Crippen MR) is 140 cm³/mol. The molecule has 9 N–H and O–H groups in total. The number of benzene rings is 1. The Morgan fingerprint density at radius 1 is 0.743 bits per heavy atom. The number of hydrogen-bond acceptors (Lipinski definition) is 6. The quantitative estimate of drug-likeness (QED) is 0.172. The minimum atomic E-state index is 0. The maximum atomic E-state index is 6.68. The molecule has 8 nitrogen and oxygen atoms in total. The van der Waals surface area contributed by atoms with E-state index in [9.17, 15) is 0 Å². The molecule has 0 fully saturated rings. The number of nitrogen functional groups attached to an aromatic ring is 3. The average molecular weight is 505 g/mol. The number of fused-ring (bicyclic) bond motifs is 8. The maximum absolute atomic E-state index is 6.68. The van der Waals surface area contributed by atoms with Gasteiger partial charge < -0.3 is 28.0 Å². The van der Waals surface area contributed by atoms with Gasteiger partial charge in [0.1, 0.15) is 11.2 Å². The molecule has 2 aliphatic rings. The smallest absolute Gasteiger partial charge is 0.112 e. The Morgan fingerprint density at radius 2 is 1.40 bits per heavy atom. The average Bonchev–Trinajstić information content (AvgIpc) is 3.58. The first-order chi connectivity index (χ1) is 16.5. The number of aromatic amines is 1. The molecule has 35 heavy (non-hydrogen) atoms. The summed E-state index contributed by atoms with van der Waals surface area (Å²) < 4.78 is 1.49. The molecule has 1 aromatic carbocycles. The van der Waals surface area contributed by atoms with Crippen LogP contribution in [0.15, 0.2) is 60.7 Å². The van der Waals surface area contributed by atoms with E-state index in [0.717, 1.165) is 33.5 Å². The van der Waals surface area contributed by atoms with Gasteiger partial charge >= 0.3 is 0 Å². The van der Waals surface area contributed by atoms with Gasteiger partial charge in [0.15, 0.2) is 0 Å². The van der Waals surface area contributed by atoms with Gasteiger partial charge in [0.2, 0.25) is 0 Å². The van der Waals surface area contributed by atoms with E-state index in [1.807, 2.05) is 72.8 Å². The van der Waals surface area contributed by atoms with Crippen LogP contribution in [0, 0.1) is 0 Å². The molecule has 9 heteroatoms. The number of nitrogens with one attached hydrogen (secondary N) is 1. The van der Waals surface area contributed by atoms with E-state index in [1.54, 1.807) is 6.08 Å². The van der Waals surface area contributed by atoms with Gasteiger partial charge in [-0.2, -0.15) is 0 Å². The summed E-state index contributed by atoms with van der Waals surface area (Å²) in [5.74, 6) is 6.61. The van der Waals surface area contributed by atoms with E-state index in [0.29, 0.717) is 39.5 Å². The van der Waals surface area contributed by atoms with Gasteiger partial charge in [-0.1, -0.05) is 30.3 Å². The number of nitrogens with two attached hydrogens (primary N) is 4. The molecule has 0 spiro atoms. The van der Waals surface area contributed by atoms with Crippen LogP contribution in [0.4, 0.5) is 11.4 Å². The molecular weight excluding hydrogens is 483 g/mol. The molecule has 3 aromatic heterocycles. The van der Waals surface area contributed by atoms with Gasteiger partial charge in [-0.15, -0.1) is 0 Å². The molecule has 0 saturated carbocycles. The van der Waals surface area contributed by atoms with Crippen molar-refractivity contribution in [1.29, 1.82) is 0 Å². The first-order valence-corrected chi connectivity index (χ1v) is 10.8. The van der Waals surface area contributed by atoms with Gasteiger partial charge in [-0.3, -0.25) is 4.68 Å². The summed E-state index contributed by atoms with van der Waals surface area (Å²) in [5.41, 5.74) is 28.1. The molecule has 0 radical (unpaired) electrons. The Hall–Kier alpha value is -4.49. The van der Waals surface area contributed by atoms with Crippen LogP contribution in [0.1, 0.15) is 22.8 Å². The Bertz CT molecular complexity index is 1690. The second kappa shape index (κ2) is 8.38. The molecular formula is C26H22N8Ni.